The van der Waals surface area contributed by atoms with Crippen molar-refractivity contribution < 1.29 is 9.47 Å². The summed E-state index contributed by atoms with van der Waals surface area (Å²) in [6.45, 7) is 3.77. The van der Waals surface area contributed by atoms with Crippen LogP contribution in [0.2, 0.25) is 0 Å². The monoisotopic (exact) mass is 368 g/mol. The van der Waals surface area contributed by atoms with Crippen molar-refractivity contribution >= 4 is 17.2 Å². The van der Waals surface area contributed by atoms with Crippen LogP contribution in [0.3, 0.4) is 0 Å². The van der Waals surface area contributed by atoms with Gasteiger partial charge in [-0.3, -0.25) is 0 Å². The molecule has 8 heteroatoms. The van der Waals surface area contributed by atoms with E-state index in [2.05, 4.69) is 20.4 Å². The quantitative estimate of drug-likeness (QED) is 0.741. The van der Waals surface area contributed by atoms with Crippen molar-refractivity contribution in [2.75, 3.05) is 37.5 Å². The molecule has 1 fully saturated rings. The molecule has 1 atom stereocenters. The second-order valence-electron chi connectivity index (χ2n) is 6.74. The number of fused-ring (bicyclic) bond motifs is 1. The van der Waals surface area contributed by atoms with Crippen LogP contribution in [0, 0.1) is 6.92 Å². The van der Waals surface area contributed by atoms with Crippen LogP contribution in [-0.4, -0.2) is 53.2 Å². The van der Waals surface area contributed by atoms with Crippen LogP contribution in [0.5, 0.6) is 11.5 Å². The van der Waals surface area contributed by atoms with Crippen molar-refractivity contribution in [1.29, 1.82) is 0 Å². The van der Waals surface area contributed by atoms with Gasteiger partial charge in [-0.15, -0.1) is 15.3 Å². The summed E-state index contributed by atoms with van der Waals surface area (Å²) in [5.74, 6) is 3.29. The van der Waals surface area contributed by atoms with Gasteiger partial charge < -0.3 is 19.7 Å². The molecule has 0 amide bonds. The summed E-state index contributed by atoms with van der Waals surface area (Å²) in [5.41, 5.74) is 1.77. The smallest absolute Gasteiger partial charge is 0.178 e. The molecule has 1 unspecified atom stereocenters. The molecule has 4 rings (SSSR count). The predicted molar refractivity (Wildman–Crippen MR) is 104 cm³/mol. The molecule has 8 nitrogen and oxygen atoms in total. The molecule has 27 heavy (non-hydrogen) atoms. The van der Waals surface area contributed by atoms with Crippen LogP contribution in [-0.2, 0) is 0 Å². The highest BCUT2D eigenvalue weighted by Crippen LogP contribution is 2.28. The molecule has 2 aromatic heterocycles. The largest absolute Gasteiger partial charge is 0.497 e. The first-order valence-corrected chi connectivity index (χ1v) is 9.10. The van der Waals surface area contributed by atoms with E-state index in [1.807, 2.05) is 37.3 Å². The van der Waals surface area contributed by atoms with Gasteiger partial charge in [0.05, 0.1) is 14.2 Å². The number of piperidine rings is 1. The van der Waals surface area contributed by atoms with E-state index in [0.29, 0.717) is 6.04 Å². The van der Waals surface area contributed by atoms with Gasteiger partial charge in [0.1, 0.15) is 17.3 Å². The topological polar surface area (TPSA) is 76.8 Å². The third kappa shape index (κ3) is 3.60. The molecule has 0 aliphatic carbocycles. The Kier molecular flexibility index (Phi) is 4.70. The Morgan fingerprint density at radius 2 is 1.85 bits per heavy atom. The first kappa shape index (κ1) is 17.4. The van der Waals surface area contributed by atoms with E-state index in [-0.39, 0.29) is 0 Å². The molecule has 0 radical (unpaired) electrons. The van der Waals surface area contributed by atoms with Crippen molar-refractivity contribution in [3.8, 4) is 11.5 Å². The Hall–Kier alpha value is -3.03. The van der Waals surface area contributed by atoms with Crippen molar-refractivity contribution in [3.05, 3.63) is 36.2 Å². The summed E-state index contributed by atoms with van der Waals surface area (Å²) in [6, 6.07) is 10.2. The van der Waals surface area contributed by atoms with Crippen LogP contribution >= 0.6 is 0 Å². The maximum atomic E-state index is 5.37. The summed E-state index contributed by atoms with van der Waals surface area (Å²) in [6.07, 6.45) is 2.20. The zero-order chi connectivity index (χ0) is 18.8. The van der Waals surface area contributed by atoms with Gasteiger partial charge in [0.25, 0.3) is 0 Å². The molecule has 0 bridgehead atoms. The van der Waals surface area contributed by atoms with Gasteiger partial charge in [0, 0.05) is 43.0 Å². The van der Waals surface area contributed by atoms with Crippen molar-refractivity contribution in [2.24, 2.45) is 0 Å². The van der Waals surface area contributed by atoms with Crippen LogP contribution in [0.4, 0.5) is 11.5 Å². The lowest BCUT2D eigenvalue weighted by Gasteiger charge is -2.34. The normalized spacial score (nSPS) is 17.1. The molecular formula is C19H24N6O2. The molecule has 1 aliphatic rings. The summed E-state index contributed by atoms with van der Waals surface area (Å²) in [4.78, 5) is 2.30. The van der Waals surface area contributed by atoms with Gasteiger partial charge in [0.15, 0.2) is 11.5 Å². The Labute approximate surface area is 158 Å². The highest BCUT2D eigenvalue weighted by atomic mass is 16.5. The number of anilines is 2. The maximum Gasteiger partial charge on any atom is 0.178 e. The highest BCUT2D eigenvalue weighted by Gasteiger charge is 2.22. The molecular weight excluding hydrogens is 344 g/mol. The van der Waals surface area contributed by atoms with E-state index in [1.54, 1.807) is 18.7 Å². The number of methoxy groups -OCH3 is 2. The van der Waals surface area contributed by atoms with Gasteiger partial charge in [0.2, 0.25) is 0 Å². The molecule has 3 aromatic rings. The van der Waals surface area contributed by atoms with E-state index >= 15 is 0 Å². The summed E-state index contributed by atoms with van der Waals surface area (Å²) in [7, 11) is 3.32. The lowest BCUT2D eigenvalue weighted by Crippen LogP contribution is -2.42. The molecule has 3 heterocycles. The first-order valence-electron chi connectivity index (χ1n) is 9.10. The Bertz CT molecular complexity index is 919. The second kappa shape index (κ2) is 7.30. The third-order valence-electron chi connectivity index (χ3n) is 4.87. The van der Waals surface area contributed by atoms with Crippen molar-refractivity contribution in [3.63, 3.8) is 0 Å². The molecule has 1 aliphatic heterocycles. The SMILES string of the molecule is COc1cc(NC2CCCN(c3ccc4nnc(C)n4n3)C2)cc(OC)c1. The molecule has 0 spiro atoms. The average Bonchev–Trinajstić information content (AvgIpc) is 3.08. The van der Waals surface area contributed by atoms with Gasteiger partial charge in [-0.1, -0.05) is 0 Å². The minimum atomic E-state index is 0.315. The van der Waals surface area contributed by atoms with Gasteiger partial charge >= 0.3 is 0 Å². The third-order valence-corrected chi connectivity index (χ3v) is 4.87. The van der Waals surface area contributed by atoms with Crippen LogP contribution in [0.25, 0.3) is 5.65 Å². The fourth-order valence-electron chi connectivity index (χ4n) is 3.48. The van der Waals surface area contributed by atoms with Gasteiger partial charge in [-0.25, -0.2) is 0 Å². The van der Waals surface area contributed by atoms with Gasteiger partial charge in [-0.05, 0) is 31.9 Å². The standard InChI is InChI=1S/C19H24N6O2/c1-13-21-22-18-6-7-19(23-25(13)18)24-8-4-5-14(12-24)20-15-9-16(26-2)11-17(10-15)27-3/h6-7,9-11,14,20H,4-5,8,12H2,1-3H3. The lowest BCUT2D eigenvalue weighted by atomic mass is 10.1. The number of nitrogens with zero attached hydrogens (tertiary/aromatic N) is 5. The number of aromatic nitrogens is 4. The molecule has 1 saturated heterocycles. The minimum absolute atomic E-state index is 0.315. The second-order valence-corrected chi connectivity index (χ2v) is 6.74. The summed E-state index contributed by atoms with van der Waals surface area (Å²) < 4.78 is 12.5. The molecule has 1 aromatic carbocycles. The van der Waals surface area contributed by atoms with Crippen molar-refractivity contribution in [1.82, 2.24) is 19.8 Å². The van der Waals surface area contributed by atoms with Gasteiger partial charge in [-0.2, -0.15) is 4.52 Å². The number of benzene rings is 1. The fraction of sp³-hybridized carbons (Fsp3) is 0.421. The Balaban J connectivity index is 1.51. The summed E-state index contributed by atoms with van der Waals surface area (Å²) >= 11 is 0. The highest BCUT2D eigenvalue weighted by molar-refractivity contribution is 5.55. The number of aryl methyl sites for hydroxylation is 1. The van der Waals surface area contributed by atoms with Crippen molar-refractivity contribution in [2.45, 2.75) is 25.8 Å². The number of rotatable bonds is 5. The maximum absolute atomic E-state index is 5.37. The lowest BCUT2D eigenvalue weighted by molar-refractivity contribution is 0.394. The average molecular weight is 368 g/mol. The van der Waals surface area contributed by atoms with Crippen LogP contribution in [0.1, 0.15) is 18.7 Å². The minimum Gasteiger partial charge on any atom is -0.497 e. The van der Waals surface area contributed by atoms with Crippen LogP contribution < -0.4 is 19.7 Å². The summed E-state index contributed by atoms with van der Waals surface area (Å²) in [5, 5.41) is 16.5. The number of nitrogens with one attached hydrogen (secondary N) is 1. The molecule has 0 saturated carbocycles. The number of hydrogen-bond acceptors (Lipinski definition) is 7. The van der Waals surface area contributed by atoms with E-state index < -0.39 is 0 Å². The van der Waals surface area contributed by atoms with E-state index in [0.717, 1.165) is 60.4 Å². The first-order chi connectivity index (χ1) is 13.2. The molecule has 1 N–H and O–H groups in total. The predicted octanol–water partition coefficient (Wildman–Crippen LogP) is 2.53. The number of hydrogen-bond donors (Lipinski definition) is 1. The Morgan fingerprint density at radius 3 is 2.59 bits per heavy atom. The zero-order valence-corrected chi connectivity index (χ0v) is 15.8. The Morgan fingerprint density at radius 1 is 1.07 bits per heavy atom. The fourth-order valence-corrected chi connectivity index (χ4v) is 3.48. The van der Waals surface area contributed by atoms with E-state index in [1.165, 1.54) is 0 Å². The van der Waals surface area contributed by atoms with E-state index in [9.17, 15) is 0 Å². The number of ether oxygens (including phenoxy) is 2. The van der Waals surface area contributed by atoms with Crippen LogP contribution in [0.15, 0.2) is 30.3 Å². The zero-order valence-electron chi connectivity index (χ0n) is 15.8. The van der Waals surface area contributed by atoms with E-state index in [4.69, 9.17) is 14.6 Å². The molecule has 142 valence electrons.